The van der Waals surface area contributed by atoms with Crippen molar-refractivity contribution in [2.45, 2.75) is 39.7 Å². The third-order valence-corrected chi connectivity index (χ3v) is 4.18. The van der Waals surface area contributed by atoms with Gasteiger partial charge in [0.1, 0.15) is 0 Å². The zero-order chi connectivity index (χ0) is 16.5. The van der Waals surface area contributed by atoms with Gasteiger partial charge in [-0.15, -0.1) is 24.0 Å². The van der Waals surface area contributed by atoms with Crippen LogP contribution in [0.1, 0.15) is 33.6 Å². The largest absolute Gasteiger partial charge is 0.466 e. The maximum atomic E-state index is 11.9. The number of nitrogens with zero attached hydrogens (tertiary/aromatic N) is 3. The van der Waals surface area contributed by atoms with Gasteiger partial charge in [-0.3, -0.25) is 9.79 Å². The van der Waals surface area contributed by atoms with Crippen molar-refractivity contribution in [2.75, 3.05) is 46.9 Å². The normalized spacial score (nSPS) is 18.8. The predicted molar refractivity (Wildman–Crippen MR) is 105 cm³/mol. The van der Waals surface area contributed by atoms with E-state index in [1.165, 1.54) is 0 Å². The monoisotopic (exact) mass is 440 g/mol. The SMILES string of the molecule is CCOC(=O)[C@H]1CCCN(C(=NC)NCCN(C)C(C)C)C1.I. The van der Waals surface area contributed by atoms with Crippen LogP contribution < -0.4 is 5.32 Å². The van der Waals surface area contributed by atoms with E-state index in [-0.39, 0.29) is 35.9 Å². The van der Waals surface area contributed by atoms with Gasteiger partial charge in [-0.05, 0) is 40.7 Å². The summed E-state index contributed by atoms with van der Waals surface area (Å²) in [5.41, 5.74) is 0. The number of nitrogens with one attached hydrogen (secondary N) is 1. The van der Waals surface area contributed by atoms with Crippen LogP contribution in [0.2, 0.25) is 0 Å². The van der Waals surface area contributed by atoms with Gasteiger partial charge in [0.15, 0.2) is 5.96 Å². The Balaban J connectivity index is 0.00000484. The number of hydrogen-bond donors (Lipinski definition) is 1. The van der Waals surface area contributed by atoms with Gasteiger partial charge in [0.25, 0.3) is 0 Å². The zero-order valence-corrected chi connectivity index (χ0v) is 17.5. The number of aliphatic imine (C=N–C) groups is 1. The third-order valence-electron chi connectivity index (χ3n) is 4.18. The van der Waals surface area contributed by atoms with Crippen LogP contribution in [0.3, 0.4) is 0 Å². The number of likely N-dealkylation sites (N-methyl/N-ethyl adjacent to an activating group) is 1. The molecule has 0 amide bonds. The molecule has 1 heterocycles. The lowest BCUT2D eigenvalue weighted by Gasteiger charge is -2.34. The molecule has 136 valence electrons. The van der Waals surface area contributed by atoms with Gasteiger partial charge < -0.3 is 19.9 Å². The number of halogens is 1. The van der Waals surface area contributed by atoms with E-state index in [0.717, 1.165) is 38.4 Å². The van der Waals surface area contributed by atoms with Crippen molar-refractivity contribution in [3.05, 3.63) is 0 Å². The molecular weight excluding hydrogens is 407 g/mol. The van der Waals surface area contributed by atoms with Crippen molar-refractivity contribution < 1.29 is 9.53 Å². The average Bonchev–Trinajstić information content (AvgIpc) is 2.51. The van der Waals surface area contributed by atoms with Gasteiger partial charge in [-0.2, -0.15) is 0 Å². The molecule has 0 radical (unpaired) electrons. The van der Waals surface area contributed by atoms with Gasteiger partial charge >= 0.3 is 5.97 Å². The lowest BCUT2D eigenvalue weighted by Crippen LogP contribution is -2.49. The Morgan fingerprint density at radius 2 is 2.17 bits per heavy atom. The van der Waals surface area contributed by atoms with E-state index in [4.69, 9.17) is 4.74 Å². The lowest BCUT2D eigenvalue weighted by molar-refractivity contribution is -0.149. The number of rotatable bonds is 6. The van der Waals surface area contributed by atoms with E-state index < -0.39 is 0 Å². The fraction of sp³-hybridized carbons (Fsp3) is 0.875. The number of ether oxygens (including phenoxy) is 1. The number of esters is 1. The molecule has 0 aromatic heterocycles. The summed E-state index contributed by atoms with van der Waals surface area (Å²) in [4.78, 5) is 20.7. The molecule has 1 atom stereocenters. The molecule has 0 bridgehead atoms. The Labute approximate surface area is 158 Å². The third kappa shape index (κ3) is 7.69. The predicted octanol–water partition coefficient (Wildman–Crippen LogP) is 1.80. The molecule has 0 aromatic carbocycles. The molecule has 23 heavy (non-hydrogen) atoms. The first-order valence-corrected chi connectivity index (χ1v) is 8.32. The molecule has 1 saturated heterocycles. The molecule has 1 aliphatic heterocycles. The Hall–Kier alpha value is -0.570. The first kappa shape index (κ1) is 22.4. The quantitative estimate of drug-likeness (QED) is 0.296. The van der Waals surface area contributed by atoms with Crippen LogP contribution in [0.4, 0.5) is 0 Å². The minimum Gasteiger partial charge on any atom is -0.466 e. The number of carbonyl (C=O) groups is 1. The van der Waals surface area contributed by atoms with Crippen molar-refractivity contribution in [3.8, 4) is 0 Å². The summed E-state index contributed by atoms with van der Waals surface area (Å²) < 4.78 is 5.15. The summed E-state index contributed by atoms with van der Waals surface area (Å²) in [6.07, 6.45) is 1.90. The van der Waals surface area contributed by atoms with Crippen molar-refractivity contribution >= 4 is 35.9 Å². The molecule has 0 aliphatic carbocycles. The van der Waals surface area contributed by atoms with Crippen molar-refractivity contribution in [1.82, 2.24) is 15.1 Å². The fourth-order valence-corrected chi connectivity index (χ4v) is 2.56. The van der Waals surface area contributed by atoms with E-state index in [0.29, 0.717) is 19.2 Å². The Kier molecular flexibility index (Phi) is 11.6. The molecule has 6 nitrogen and oxygen atoms in total. The van der Waals surface area contributed by atoms with Gasteiger partial charge in [0.2, 0.25) is 0 Å². The van der Waals surface area contributed by atoms with Crippen molar-refractivity contribution in [2.24, 2.45) is 10.9 Å². The molecule has 0 spiro atoms. The van der Waals surface area contributed by atoms with Gasteiger partial charge in [-0.1, -0.05) is 0 Å². The minimum absolute atomic E-state index is 0. The lowest BCUT2D eigenvalue weighted by atomic mass is 9.98. The summed E-state index contributed by atoms with van der Waals surface area (Å²) in [5, 5.41) is 3.40. The molecule has 7 heteroatoms. The molecule has 1 rings (SSSR count). The van der Waals surface area contributed by atoms with Crippen LogP contribution in [-0.4, -0.2) is 74.7 Å². The summed E-state index contributed by atoms with van der Waals surface area (Å²) in [5.74, 6) is 0.763. The second kappa shape index (κ2) is 11.9. The Morgan fingerprint density at radius 3 is 2.74 bits per heavy atom. The Morgan fingerprint density at radius 1 is 1.48 bits per heavy atom. The average molecular weight is 440 g/mol. The zero-order valence-electron chi connectivity index (χ0n) is 15.2. The molecule has 1 N–H and O–H groups in total. The van der Waals surface area contributed by atoms with E-state index in [1.807, 2.05) is 6.92 Å². The fourth-order valence-electron chi connectivity index (χ4n) is 2.56. The molecule has 1 fully saturated rings. The van der Waals surface area contributed by atoms with Gasteiger partial charge in [0, 0.05) is 39.3 Å². The van der Waals surface area contributed by atoms with Gasteiger partial charge in [-0.25, -0.2) is 0 Å². The summed E-state index contributed by atoms with van der Waals surface area (Å²) >= 11 is 0. The van der Waals surface area contributed by atoms with Crippen LogP contribution >= 0.6 is 24.0 Å². The molecule has 0 unspecified atom stereocenters. The summed E-state index contributed by atoms with van der Waals surface area (Å²) in [7, 11) is 3.91. The van der Waals surface area contributed by atoms with Crippen molar-refractivity contribution in [1.29, 1.82) is 0 Å². The maximum Gasteiger partial charge on any atom is 0.310 e. The molecule has 1 aliphatic rings. The smallest absolute Gasteiger partial charge is 0.310 e. The summed E-state index contributed by atoms with van der Waals surface area (Å²) in [6.45, 7) is 10.1. The number of carbonyl (C=O) groups excluding carboxylic acids is 1. The highest BCUT2D eigenvalue weighted by molar-refractivity contribution is 14.0. The minimum atomic E-state index is -0.0813. The summed E-state index contributed by atoms with van der Waals surface area (Å²) in [6, 6.07) is 0.534. The topological polar surface area (TPSA) is 57.2 Å². The number of likely N-dealkylation sites (tertiary alicyclic amines) is 1. The Bertz CT molecular complexity index is 377. The van der Waals surface area contributed by atoms with Crippen LogP contribution in [0, 0.1) is 5.92 Å². The number of piperidine rings is 1. The molecular formula is C16H33IN4O2. The first-order valence-electron chi connectivity index (χ1n) is 8.32. The molecule has 0 aromatic rings. The van der Waals surface area contributed by atoms with Gasteiger partial charge in [0.05, 0.1) is 12.5 Å². The van der Waals surface area contributed by atoms with E-state index in [1.54, 1.807) is 7.05 Å². The van der Waals surface area contributed by atoms with Crippen LogP contribution in [0.25, 0.3) is 0 Å². The maximum absolute atomic E-state index is 11.9. The second-order valence-corrected chi connectivity index (χ2v) is 6.09. The standard InChI is InChI=1S/C16H32N4O2.HI/c1-6-22-15(21)14-8-7-10-20(12-14)16(17-4)18-9-11-19(5)13(2)3;/h13-14H,6-12H2,1-5H3,(H,17,18);1H/t14-;/m0./s1. The number of guanidine groups is 1. The first-order chi connectivity index (χ1) is 10.5. The highest BCUT2D eigenvalue weighted by Gasteiger charge is 2.28. The molecule has 0 saturated carbocycles. The van der Waals surface area contributed by atoms with Crippen LogP contribution in [0.15, 0.2) is 4.99 Å². The van der Waals surface area contributed by atoms with Crippen LogP contribution in [0.5, 0.6) is 0 Å². The highest BCUT2D eigenvalue weighted by Crippen LogP contribution is 2.18. The highest BCUT2D eigenvalue weighted by atomic mass is 127. The van der Waals surface area contributed by atoms with E-state index in [2.05, 4.69) is 41.0 Å². The van der Waals surface area contributed by atoms with Crippen molar-refractivity contribution in [3.63, 3.8) is 0 Å². The van der Waals surface area contributed by atoms with E-state index >= 15 is 0 Å². The van der Waals surface area contributed by atoms with Crippen LogP contribution in [-0.2, 0) is 9.53 Å². The second-order valence-electron chi connectivity index (χ2n) is 6.09. The number of hydrogen-bond acceptors (Lipinski definition) is 4. The van der Waals surface area contributed by atoms with E-state index in [9.17, 15) is 4.79 Å².